The molecule has 0 spiro atoms. The van der Waals surface area contributed by atoms with Crippen LogP contribution in [0.25, 0.3) is 0 Å². The number of carbonyl (C=O) groups excluding carboxylic acids is 3. The predicted octanol–water partition coefficient (Wildman–Crippen LogP) is 10.1. The van der Waals surface area contributed by atoms with Crippen molar-refractivity contribution in [1.82, 2.24) is 10.2 Å². The number of rotatable bonds is 36. The van der Waals surface area contributed by atoms with Crippen molar-refractivity contribution in [2.45, 2.75) is 207 Å². The lowest BCUT2D eigenvalue weighted by Crippen LogP contribution is -2.44. The van der Waals surface area contributed by atoms with E-state index in [9.17, 15) is 14.4 Å². The van der Waals surface area contributed by atoms with Crippen LogP contribution in [0.4, 0.5) is 0 Å². The Morgan fingerprint density at radius 3 is 1.69 bits per heavy atom. The maximum atomic E-state index is 12.5. The fourth-order valence-electron chi connectivity index (χ4n) is 5.94. The first-order valence-corrected chi connectivity index (χ1v) is 20.6. The molecular formula is C41H80N2O6. The Kier molecular flexibility index (Phi) is 32.3. The highest BCUT2D eigenvalue weighted by molar-refractivity contribution is 5.84. The minimum Gasteiger partial charge on any atom is -0.466 e. The normalized spacial score (nSPS) is 12.3. The van der Waals surface area contributed by atoms with Gasteiger partial charge in [-0.05, 0) is 91.3 Å². The average Bonchev–Trinajstić information content (AvgIpc) is 3.08. The minimum atomic E-state index is -0.813. The van der Waals surface area contributed by atoms with Crippen LogP contribution in [-0.4, -0.2) is 74.3 Å². The van der Waals surface area contributed by atoms with Crippen LogP contribution in [0, 0.1) is 0 Å². The lowest BCUT2D eigenvalue weighted by molar-refractivity contribution is -0.150. The summed E-state index contributed by atoms with van der Waals surface area (Å²) in [6.45, 7) is 14.5. The second kappa shape index (κ2) is 33.5. The van der Waals surface area contributed by atoms with Gasteiger partial charge in [-0.1, -0.05) is 111 Å². The van der Waals surface area contributed by atoms with Gasteiger partial charge in [0.2, 0.25) is 0 Å². The molecule has 0 rings (SSSR count). The van der Waals surface area contributed by atoms with Crippen molar-refractivity contribution in [3.8, 4) is 0 Å². The molecule has 8 nitrogen and oxygen atoms in total. The smallest absolute Gasteiger partial charge is 0.306 e. The van der Waals surface area contributed by atoms with Gasteiger partial charge in [0.1, 0.15) is 11.7 Å². The lowest BCUT2D eigenvalue weighted by atomic mass is 10.1. The highest BCUT2D eigenvalue weighted by atomic mass is 16.5. The van der Waals surface area contributed by atoms with E-state index in [1.165, 1.54) is 32.1 Å². The van der Waals surface area contributed by atoms with Gasteiger partial charge < -0.3 is 24.4 Å². The fraction of sp³-hybridized carbons (Fsp3) is 0.927. The van der Waals surface area contributed by atoms with Crippen LogP contribution in [0.5, 0.6) is 0 Å². The number of hydrogen-bond acceptors (Lipinski definition) is 7. The third kappa shape index (κ3) is 29.7. The summed E-state index contributed by atoms with van der Waals surface area (Å²) in [4.78, 5) is 39.4. The highest BCUT2D eigenvalue weighted by Gasteiger charge is 2.26. The molecule has 49 heavy (non-hydrogen) atoms. The molecule has 0 saturated carbocycles. The molecule has 0 fully saturated rings. The van der Waals surface area contributed by atoms with Crippen molar-refractivity contribution in [2.24, 2.45) is 0 Å². The Balaban J connectivity index is 4.35. The number of nitrogens with one attached hydrogen (secondary N) is 1. The summed E-state index contributed by atoms with van der Waals surface area (Å²) in [5.74, 6) is -0.136. The van der Waals surface area contributed by atoms with Crippen molar-refractivity contribution in [3.63, 3.8) is 0 Å². The van der Waals surface area contributed by atoms with Gasteiger partial charge in [-0.25, -0.2) is 0 Å². The molecule has 0 aromatic rings. The summed E-state index contributed by atoms with van der Waals surface area (Å²) in [5, 5.41) is 3.02. The highest BCUT2D eigenvalue weighted by Crippen LogP contribution is 2.16. The molecule has 1 unspecified atom stereocenters. The first kappa shape index (κ1) is 47.3. The molecule has 0 aliphatic rings. The van der Waals surface area contributed by atoms with Crippen LogP contribution in [0.2, 0.25) is 0 Å². The van der Waals surface area contributed by atoms with Crippen molar-refractivity contribution >= 4 is 17.8 Å². The molecule has 0 aliphatic carbocycles. The van der Waals surface area contributed by atoms with Crippen LogP contribution in [0.3, 0.4) is 0 Å². The summed E-state index contributed by atoms with van der Waals surface area (Å²) in [5.41, 5.74) is -0.813. The largest absolute Gasteiger partial charge is 0.466 e. The molecule has 0 heterocycles. The maximum Gasteiger partial charge on any atom is 0.306 e. The van der Waals surface area contributed by atoms with Crippen LogP contribution in [0.1, 0.15) is 195 Å². The molecule has 0 bridgehead atoms. The molecule has 0 saturated heterocycles. The van der Waals surface area contributed by atoms with E-state index < -0.39 is 5.60 Å². The van der Waals surface area contributed by atoms with Crippen molar-refractivity contribution in [1.29, 1.82) is 0 Å². The third-order valence-corrected chi connectivity index (χ3v) is 9.52. The number of nitrogens with zero attached hydrogens (tertiary/aromatic N) is 1. The molecule has 0 aliphatic heterocycles. The average molecular weight is 697 g/mol. The van der Waals surface area contributed by atoms with E-state index in [2.05, 4.69) is 31.0 Å². The number of methoxy groups -OCH3 is 1. The Labute approximate surface area is 302 Å². The van der Waals surface area contributed by atoms with Gasteiger partial charge >= 0.3 is 11.9 Å². The van der Waals surface area contributed by atoms with Gasteiger partial charge in [0.15, 0.2) is 0 Å². The number of carbonyl (C=O) groups is 3. The van der Waals surface area contributed by atoms with Crippen molar-refractivity contribution < 1.29 is 28.6 Å². The number of hydrogen-bond donors (Lipinski definition) is 1. The van der Waals surface area contributed by atoms with Crippen LogP contribution in [0.15, 0.2) is 0 Å². The predicted molar refractivity (Wildman–Crippen MR) is 204 cm³/mol. The summed E-state index contributed by atoms with van der Waals surface area (Å²) in [6.07, 6.45) is 26.6. The van der Waals surface area contributed by atoms with Gasteiger partial charge in [-0.15, -0.1) is 0 Å². The number of esters is 2. The van der Waals surface area contributed by atoms with Crippen molar-refractivity contribution in [2.75, 3.05) is 39.9 Å². The van der Waals surface area contributed by atoms with E-state index in [4.69, 9.17) is 14.2 Å². The zero-order chi connectivity index (χ0) is 36.4. The number of amides is 1. The molecule has 8 heteroatoms. The number of unbranched alkanes of at least 4 members (excludes halogenated alkanes) is 15. The van der Waals surface area contributed by atoms with Crippen molar-refractivity contribution in [3.05, 3.63) is 0 Å². The monoisotopic (exact) mass is 697 g/mol. The standard InChI is InChI=1S/C41H80N2O6/c1-7-10-13-20-26-36-48-38(44)30-22-16-14-18-24-33-43(35-27-32-42-40(46)41(4,5)47-6)34-25-19-15-17-23-31-39(45)49-37(28-12-9-3)29-21-11-8-2/h37H,7-36H2,1-6H3,(H,42,46). The molecule has 1 N–H and O–H groups in total. The van der Waals surface area contributed by atoms with Crippen LogP contribution < -0.4 is 5.32 Å². The van der Waals surface area contributed by atoms with Gasteiger partial charge in [-0.3, -0.25) is 14.4 Å². The third-order valence-electron chi connectivity index (χ3n) is 9.52. The summed E-state index contributed by atoms with van der Waals surface area (Å²) in [7, 11) is 1.56. The molecular weight excluding hydrogens is 616 g/mol. The van der Waals surface area contributed by atoms with E-state index in [0.29, 0.717) is 26.0 Å². The molecule has 0 radical (unpaired) electrons. The Morgan fingerprint density at radius 2 is 1.08 bits per heavy atom. The second-order valence-corrected chi connectivity index (χ2v) is 14.6. The van der Waals surface area contributed by atoms with E-state index >= 15 is 0 Å². The van der Waals surface area contributed by atoms with E-state index in [1.807, 2.05) is 0 Å². The SMILES string of the molecule is CCCCCCCOC(=O)CCCCCCCN(CCCCCCCC(=O)OC(CCCC)CCCCC)CCCNC(=O)C(C)(C)OC. The molecule has 0 aromatic carbocycles. The Hall–Kier alpha value is -1.67. The quantitative estimate of drug-likeness (QED) is 0.0515. The minimum absolute atomic E-state index is 0.0159. The summed E-state index contributed by atoms with van der Waals surface area (Å²) < 4.78 is 16.5. The molecule has 290 valence electrons. The Morgan fingerprint density at radius 1 is 0.592 bits per heavy atom. The molecule has 1 atom stereocenters. The van der Waals surface area contributed by atoms with E-state index in [-0.39, 0.29) is 23.9 Å². The van der Waals surface area contributed by atoms with E-state index in [1.54, 1.807) is 21.0 Å². The van der Waals surface area contributed by atoms with Crippen LogP contribution >= 0.6 is 0 Å². The molecule has 1 amide bonds. The maximum absolute atomic E-state index is 12.5. The van der Waals surface area contributed by atoms with Gasteiger partial charge in [0.25, 0.3) is 5.91 Å². The first-order chi connectivity index (χ1) is 23.7. The second-order valence-electron chi connectivity index (χ2n) is 14.6. The fourth-order valence-corrected chi connectivity index (χ4v) is 5.94. The zero-order valence-corrected chi connectivity index (χ0v) is 33.2. The van der Waals surface area contributed by atoms with Crippen LogP contribution in [-0.2, 0) is 28.6 Å². The van der Waals surface area contributed by atoms with Gasteiger partial charge in [-0.2, -0.15) is 0 Å². The summed E-state index contributed by atoms with van der Waals surface area (Å²) in [6, 6.07) is 0. The van der Waals surface area contributed by atoms with Gasteiger partial charge in [0, 0.05) is 26.5 Å². The summed E-state index contributed by atoms with van der Waals surface area (Å²) >= 11 is 0. The van der Waals surface area contributed by atoms with E-state index in [0.717, 1.165) is 135 Å². The zero-order valence-electron chi connectivity index (χ0n) is 33.2. The molecule has 0 aromatic heterocycles. The first-order valence-electron chi connectivity index (χ1n) is 20.6. The number of ether oxygens (including phenoxy) is 3. The Bertz CT molecular complexity index is 790. The van der Waals surface area contributed by atoms with Gasteiger partial charge in [0.05, 0.1) is 6.61 Å². The topological polar surface area (TPSA) is 94.2 Å². The lowest BCUT2D eigenvalue weighted by Gasteiger charge is -2.24.